The molecule has 48 valence electrons. The van der Waals surface area contributed by atoms with Crippen LogP contribution in [0.15, 0.2) is 0 Å². The van der Waals surface area contributed by atoms with Crippen molar-refractivity contribution in [2.75, 3.05) is 0 Å². The van der Waals surface area contributed by atoms with Gasteiger partial charge in [0.25, 0.3) is 0 Å². The van der Waals surface area contributed by atoms with Crippen molar-refractivity contribution in [3.05, 3.63) is 0 Å². The van der Waals surface area contributed by atoms with Crippen LogP contribution in [-0.2, 0) is 4.79 Å². The van der Waals surface area contributed by atoms with E-state index in [2.05, 4.69) is 0 Å². The Hall–Kier alpha value is -0.330. The number of ketones is 1. The van der Waals surface area contributed by atoms with E-state index >= 15 is 0 Å². The van der Waals surface area contributed by atoms with Gasteiger partial charge in [0.1, 0.15) is 5.78 Å². The minimum Gasteiger partial charge on any atom is -0.299 e. The second-order valence-corrected chi connectivity index (χ2v) is 3.84. The van der Waals surface area contributed by atoms with E-state index in [-0.39, 0.29) is 0 Å². The van der Waals surface area contributed by atoms with E-state index in [1.807, 2.05) is 0 Å². The molecule has 9 heavy (non-hydrogen) atoms. The predicted molar refractivity (Wildman–Crippen MR) is 32.8 cm³/mol. The number of hydrogen-bond acceptors (Lipinski definition) is 1. The van der Waals surface area contributed by atoms with Gasteiger partial charge in [0.15, 0.2) is 0 Å². The highest BCUT2D eigenvalue weighted by atomic mass is 16.1. The van der Waals surface area contributed by atoms with Crippen LogP contribution in [0.2, 0.25) is 0 Å². The van der Waals surface area contributed by atoms with Crippen molar-refractivity contribution in [1.29, 1.82) is 0 Å². The van der Waals surface area contributed by atoms with Gasteiger partial charge in [-0.3, -0.25) is 4.79 Å². The normalized spacial score (nSPS) is 60.2. The second-order valence-electron chi connectivity index (χ2n) is 3.84. The van der Waals surface area contributed by atoms with E-state index < -0.39 is 0 Å². The van der Waals surface area contributed by atoms with E-state index in [0.717, 1.165) is 24.2 Å². The molecule has 1 heteroatoms. The Kier molecular flexibility index (Phi) is 0.544. The van der Waals surface area contributed by atoms with Crippen molar-refractivity contribution in [2.24, 2.45) is 23.7 Å². The summed E-state index contributed by atoms with van der Waals surface area (Å²) in [5.41, 5.74) is 0. The molecule has 0 aromatic heterocycles. The van der Waals surface area contributed by atoms with E-state index in [4.69, 9.17) is 0 Å². The Morgan fingerprint density at radius 1 is 1.22 bits per heavy atom. The lowest BCUT2D eigenvalue weighted by Crippen LogP contribution is -2.10. The molecule has 0 saturated heterocycles. The first kappa shape index (κ1) is 4.48. The van der Waals surface area contributed by atoms with Crippen LogP contribution >= 0.6 is 0 Å². The van der Waals surface area contributed by atoms with Gasteiger partial charge in [-0.25, -0.2) is 0 Å². The van der Waals surface area contributed by atoms with Crippen molar-refractivity contribution in [1.82, 2.24) is 0 Å². The number of carbonyl (C=O) groups excluding carboxylic acids is 1. The van der Waals surface area contributed by atoms with Gasteiger partial charge in [0.05, 0.1) is 0 Å². The Morgan fingerprint density at radius 3 is 2.67 bits per heavy atom. The molecule has 0 aromatic rings. The highest BCUT2D eigenvalue weighted by molar-refractivity contribution is 5.85. The van der Waals surface area contributed by atoms with Gasteiger partial charge in [-0.05, 0) is 30.6 Å². The maximum atomic E-state index is 11.1. The molecule has 0 amide bonds. The zero-order chi connectivity index (χ0) is 6.01. The third kappa shape index (κ3) is 0.374. The van der Waals surface area contributed by atoms with Crippen LogP contribution in [0.4, 0.5) is 0 Å². The van der Waals surface area contributed by atoms with Gasteiger partial charge in [0.2, 0.25) is 0 Å². The monoisotopic (exact) mass is 122 g/mol. The van der Waals surface area contributed by atoms with Crippen molar-refractivity contribution >= 4 is 5.78 Å². The van der Waals surface area contributed by atoms with Gasteiger partial charge in [-0.2, -0.15) is 0 Å². The summed E-state index contributed by atoms with van der Waals surface area (Å²) in [7, 11) is 0. The van der Waals surface area contributed by atoms with Crippen molar-refractivity contribution in [3.8, 4) is 0 Å². The third-order valence-corrected chi connectivity index (χ3v) is 3.45. The third-order valence-electron chi connectivity index (χ3n) is 3.45. The maximum absolute atomic E-state index is 11.1. The average molecular weight is 122 g/mol. The molecule has 0 spiro atoms. The standard InChI is InChI=1S/C8H10O/c9-8-2-4-1-7(8)6-3-5(4)6/h4-7H,1-3H2/t4-,5-,6-,7-/m1/s1. The summed E-state index contributed by atoms with van der Waals surface area (Å²) in [6.45, 7) is 0. The smallest absolute Gasteiger partial charge is 0.136 e. The van der Waals surface area contributed by atoms with Crippen LogP contribution in [0.1, 0.15) is 19.3 Å². The number of fused-ring (bicyclic) bond motifs is 5. The average Bonchev–Trinajstić information content (AvgIpc) is 2.46. The van der Waals surface area contributed by atoms with Crippen LogP contribution < -0.4 is 0 Å². The van der Waals surface area contributed by atoms with Crippen molar-refractivity contribution < 1.29 is 4.79 Å². The molecule has 3 rings (SSSR count). The molecular formula is C8H10O. The molecule has 0 radical (unpaired) electrons. The quantitative estimate of drug-likeness (QED) is 0.472. The first-order valence-corrected chi connectivity index (χ1v) is 3.89. The molecule has 0 unspecified atom stereocenters. The molecule has 4 atom stereocenters. The lowest BCUT2D eigenvalue weighted by atomic mass is 10.00. The summed E-state index contributed by atoms with van der Waals surface area (Å²) in [5, 5.41) is 0. The largest absolute Gasteiger partial charge is 0.299 e. The van der Waals surface area contributed by atoms with E-state index in [1.54, 1.807) is 0 Å². The second kappa shape index (κ2) is 1.09. The van der Waals surface area contributed by atoms with Gasteiger partial charge in [0, 0.05) is 12.3 Å². The maximum Gasteiger partial charge on any atom is 0.136 e. The van der Waals surface area contributed by atoms with Gasteiger partial charge >= 0.3 is 0 Å². The summed E-state index contributed by atoms with van der Waals surface area (Å²) >= 11 is 0. The van der Waals surface area contributed by atoms with E-state index in [1.165, 1.54) is 12.8 Å². The molecular weight excluding hydrogens is 112 g/mol. The summed E-state index contributed by atoms with van der Waals surface area (Å²) < 4.78 is 0. The van der Waals surface area contributed by atoms with E-state index in [0.29, 0.717) is 11.7 Å². The topological polar surface area (TPSA) is 17.1 Å². The van der Waals surface area contributed by atoms with Crippen LogP contribution in [0, 0.1) is 23.7 Å². The van der Waals surface area contributed by atoms with Gasteiger partial charge < -0.3 is 0 Å². The molecule has 0 aliphatic heterocycles. The van der Waals surface area contributed by atoms with Crippen LogP contribution in [0.3, 0.4) is 0 Å². The Labute approximate surface area is 54.4 Å². The fourth-order valence-electron chi connectivity index (χ4n) is 2.93. The lowest BCUT2D eigenvalue weighted by molar-refractivity contribution is -0.122. The Morgan fingerprint density at radius 2 is 2.11 bits per heavy atom. The zero-order valence-corrected chi connectivity index (χ0v) is 5.34. The Balaban J connectivity index is 2.04. The minimum atomic E-state index is 0.542. The molecule has 0 N–H and O–H groups in total. The fraction of sp³-hybridized carbons (Fsp3) is 0.875. The van der Waals surface area contributed by atoms with Crippen LogP contribution in [-0.4, -0.2) is 5.78 Å². The summed E-state index contributed by atoms with van der Waals surface area (Å²) in [6.07, 6.45) is 3.58. The number of hydrogen-bond donors (Lipinski definition) is 0. The molecule has 3 aliphatic rings. The summed E-state index contributed by atoms with van der Waals surface area (Å²) in [5.74, 6) is 3.84. The van der Waals surface area contributed by atoms with Crippen LogP contribution in [0.5, 0.6) is 0 Å². The summed E-state index contributed by atoms with van der Waals surface area (Å²) in [4.78, 5) is 11.1. The highest BCUT2D eigenvalue weighted by Gasteiger charge is 2.60. The minimum absolute atomic E-state index is 0.542. The first-order chi connectivity index (χ1) is 4.36. The number of carbonyl (C=O) groups is 1. The molecule has 3 aliphatic carbocycles. The SMILES string of the molecule is O=C1C[C@H]2C[C@@H]1[C@@H]1C[C@H]21. The van der Waals surface area contributed by atoms with Crippen molar-refractivity contribution in [2.45, 2.75) is 19.3 Å². The van der Waals surface area contributed by atoms with Crippen LogP contribution in [0.25, 0.3) is 0 Å². The number of rotatable bonds is 0. The molecule has 0 heterocycles. The fourth-order valence-corrected chi connectivity index (χ4v) is 2.93. The van der Waals surface area contributed by atoms with Crippen molar-refractivity contribution in [3.63, 3.8) is 0 Å². The zero-order valence-electron chi connectivity index (χ0n) is 5.34. The predicted octanol–water partition coefficient (Wildman–Crippen LogP) is 1.23. The molecule has 0 aromatic carbocycles. The molecule has 3 fully saturated rings. The highest BCUT2D eigenvalue weighted by Crippen LogP contribution is 2.64. The first-order valence-electron chi connectivity index (χ1n) is 3.89. The van der Waals surface area contributed by atoms with Gasteiger partial charge in [-0.15, -0.1) is 0 Å². The Bertz CT molecular complexity index is 185. The molecule has 2 bridgehead atoms. The number of Topliss-reactive ketones (excluding diaryl/α,β-unsaturated/α-hetero) is 1. The van der Waals surface area contributed by atoms with Gasteiger partial charge in [-0.1, -0.05) is 0 Å². The molecule has 3 saturated carbocycles. The summed E-state index contributed by atoms with van der Waals surface area (Å²) in [6, 6.07) is 0. The molecule has 1 nitrogen and oxygen atoms in total. The lowest BCUT2D eigenvalue weighted by Gasteiger charge is -2.04. The van der Waals surface area contributed by atoms with E-state index in [9.17, 15) is 4.79 Å².